The highest BCUT2D eigenvalue weighted by molar-refractivity contribution is 7.13. The summed E-state index contributed by atoms with van der Waals surface area (Å²) in [6, 6.07) is 4.14. The second-order valence-corrected chi connectivity index (χ2v) is 6.81. The van der Waals surface area contributed by atoms with Crippen molar-refractivity contribution in [2.75, 3.05) is 5.32 Å². The van der Waals surface area contributed by atoms with Crippen molar-refractivity contribution < 1.29 is 9.59 Å². The number of aromatic nitrogens is 3. The van der Waals surface area contributed by atoms with Crippen molar-refractivity contribution in [1.82, 2.24) is 14.5 Å². The second-order valence-electron chi connectivity index (χ2n) is 5.95. The Bertz CT molecular complexity index is 944. The first-order valence-electron chi connectivity index (χ1n) is 7.87. The molecule has 3 aromatic rings. The van der Waals surface area contributed by atoms with Crippen LogP contribution >= 0.6 is 11.3 Å². The van der Waals surface area contributed by atoms with Gasteiger partial charge >= 0.3 is 0 Å². The number of carbonyl (C=O) groups excluding carboxylic acids is 2. The quantitative estimate of drug-likeness (QED) is 0.705. The van der Waals surface area contributed by atoms with Gasteiger partial charge in [0, 0.05) is 18.3 Å². The van der Waals surface area contributed by atoms with Gasteiger partial charge in [0.2, 0.25) is 11.8 Å². The van der Waals surface area contributed by atoms with Gasteiger partial charge < -0.3 is 15.6 Å². The van der Waals surface area contributed by atoms with Gasteiger partial charge in [-0.25, -0.2) is 9.97 Å². The third-order valence-corrected chi connectivity index (χ3v) is 4.78. The van der Waals surface area contributed by atoms with Crippen molar-refractivity contribution in [3.8, 4) is 0 Å². The Morgan fingerprint density at radius 3 is 2.80 bits per heavy atom. The van der Waals surface area contributed by atoms with Crippen LogP contribution in [0.15, 0.2) is 23.8 Å². The van der Waals surface area contributed by atoms with Crippen LogP contribution in [0.4, 0.5) is 5.13 Å². The molecule has 2 heterocycles. The monoisotopic (exact) mass is 357 g/mol. The van der Waals surface area contributed by atoms with E-state index < -0.39 is 5.91 Å². The van der Waals surface area contributed by atoms with Crippen molar-refractivity contribution in [1.29, 1.82) is 0 Å². The number of nitrogens with one attached hydrogen (secondary N) is 1. The number of fused-ring (bicyclic) bond motifs is 1. The molecule has 0 saturated carbocycles. The van der Waals surface area contributed by atoms with Gasteiger partial charge in [0.15, 0.2) is 5.13 Å². The molecule has 2 aromatic heterocycles. The molecule has 0 unspecified atom stereocenters. The van der Waals surface area contributed by atoms with Crippen molar-refractivity contribution in [3.05, 3.63) is 40.7 Å². The van der Waals surface area contributed by atoms with E-state index in [-0.39, 0.29) is 12.3 Å². The fourth-order valence-electron chi connectivity index (χ4n) is 2.52. The standard InChI is InChI=1S/C17H19N5O2S/c1-10-5-13-14(6-11(10)2)22(9-19-13)4-3-16(24)21-17-20-12(8-25-17)7-15(18)23/h5-6,8-9H,3-4,7H2,1-2H3,(H2,18,23)(H,20,21,24). The highest BCUT2D eigenvalue weighted by Crippen LogP contribution is 2.19. The maximum absolute atomic E-state index is 12.1. The molecular formula is C17H19N5O2S. The molecule has 0 aliphatic rings. The smallest absolute Gasteiger partial charge is 0.227 e. The molecule has 2 amide bonds. The number of primary amides is 1. The molecule has 0 atom stereocenters. The molecule has 0 spiro atoms. The van der Waals surface area contributed by atoms with Crippen LogP contribution in [-0.4, -0.2) is 26.3 Å². The van der Waals surface area contributed by atoms with Crippen molar-refractivity contribution in [2.45, 2.75) is 33.2 Å². The van der Waals surface area contributed by atoms with E-state index in [1.54, 1.807) is 11.7 Å². The van der Waals surface area contributed by atoms with Gasteiger partial charge in [-0.05, 0) is 37.1 Å². The number of hydrogen-bond acceptors (Lipinski definition) is 5. The molecule has 3 N–H and O–H groups in total. The zero-order valence-corrected chi connectivity index (χ0v) is 14.9. The number of amides is 2. The number of rotatable bonds is 6. The topological polar surface area (TPSA) is 103 Å². The van der Waals surface area contributed by atoms with Gasteiger partial charge in [0.1, 0.15) is 0 Å². The Labute approximate surface area is 148 Å². The van der Waals surface area contributed by atoms with E-state index in [4.69, 9.17) is 5.73 Å². The average Bonchev–Trinajstić information content (AvgIpc) is 3.12. The number of carbonyl (C=O) groups is 2. The molecule has 7 nitrogen and oxygen atoms in total. The average molecular weight is 357 g/mol. The summed E-state index contributed by atoms with van der Waals surface area (Å²) < 4.78 is 1.97. The largest absolute Gasteiger partial charge is 0.369 e. The molecule has 1 aromatic carbocycles. The maximum atomic E-state index is 12.1. The van der Waals surface area contributed by atoms with E-state index in [9.17, 15) is 9.59 Å². The zero-order chi connectivity index (χ0) is 18.0. The molecule has 0 aliphatic carbocycles. The van der Waals surface area contributed by atoms with E-state index in [1.807, 2.05) is 4.57 Å². The van der Waals surface area contributed by atoms with Gasteiger partial charge in [0.25, 0.3) is 0 Å². The van der Waals surface area contributed by atoms with E-state index in [0.29, 0.717) is 23.8 Å². The first kappa shape index (κ1) is 17.1. The first-order chi connectivity index (χ1) is 11.9. The van der Waals surface area contributed by atoms with Crippen molar-refractivity contribution in [3.63, 3.8) is 0 Å². The SMILES string of the molecule is Cc1cc2ncn(CCC(=O)Nc3nc(CC(N)=O)cs3)c2cc1C. The number of nitrogens with zero attached hydrogens (tertiary/aromatic N) is 3. The van der Waals surface area contributed by atoms with Gasteiger partial charge in [0.05, 0.1) is 29.5 Å². The third-order valence-electron chi connectivity index (χ3n) is 3.97. The summed E-state index contributed by atoms with van der Waals surface area (Å²) in [6.45, 7) is 4.65. The molecule has 8 heteroatoms. The Kier molecular flexibility index (Phi) is 4.80. The Morgan fingerprint density at radius 1 is 1.28 bits per heavy atom. The molecule has 25 heavy (non-hydrogen) atoms. The molecule has 3 rings (SSSR count). The van der Waals surface area contributed by atoms with E-state index in [1.165, 1.54) is 22.5 Å². The Morgan fingerprint density at radius 2 is 2.04 bits per heavy atom. The number of anilines is 1. The summed E-state index contributed by atoms with van der Waals surface area (Å²) in [6.07, 6.45) is 2.14. The van der Waals surface area contributed by atoms with Gasteiger partial charge in [-0.3, -0.25) is 9.59 Å². The fraction of sp³-hybridized carbons (Fsp3) is 0.294. The molecule has 0 bridgehead atoms. The summed E-state index contributed by atoms with van der Waals surface area (Å²) in [5.41, 5.74) is 10.1. The van der Waals surface area contributed by atoms with Crippen LogP contribution in [0, 0.1) is 13.8 Å². The van der Waals surface area contributed by atoms with Crippen LogP contribution in [0.25, 0.3) is 11.0 Å². The van der Waals surface area contributed by atoms with Crippen LogP contribution in [0.5, 0.6) is 0 Å². The number of thiazole rings is 1. The van der Waals surface area contributed by atoms with Crippen LogP contribution in [0.3, 0.4) is 0 Å². The molecule has 130 valence electrons. The van der Waals surface area contributed by atoms with Crippen LogP contribution in [0.2, 0.25) is 0 Å². The molecule has 0 fully saturated rings. The minimum Gasteiger partial charge on any atom is -0.369 e. The Hall–Kier alpha value is -2.74. The molecule has 0 saturated heterocycles. The number of benzene rings is 1. The van der Waals surface area contributed by atoms with Gasteiger partial charge in [-0.15, -0.1) is 11.3 Å². The maximum Gasteiger partial charge on any atom is 0.227 e. The number of nitrogens with two attached hydrogens (primary N) is 1. The lowest BCUT2D eigenvalue weighted by atomic mass is 10.1. The third kappa shape index (κ3) is 4.03. The van der Waals surface area contributed by atoms with Crippen LogP contribution in [0.1, 0.15) is 23.2 Å². The summed E-state index contributed by atoms with van der Waals surface area (Å²) in [4.78, 5) is 31.6. The predicted octanol–water partition coefficient (Wildman–Crippen LogP) is 2.17. The number of imidazole rings is 1. The predicted molar refractivity (Wildman–Crippen MR) is 97.5 cm³/mol. The van der Waals surface area contributed by atoms with Gasteiger partial charge in [-0.1, -0.05) is 0 Å². The normalized spacial score (nSPS) is 11.0. The lowest BCUT2D eigenvalue weighted by Gasteiger charge is -2.06. The second kappa shape index (κ2) is 7.02. The van der Waals surface area contributed by atoms with Crippen LogP contribution in [-0.2, 0) is 22.6 Å². The summed E-state index contributed by atoms with van der Waals surface area (Å²) in [5, 5.41) is 4.94. The van der Waals surface area contributed by atoms with Crippen LogP contribution < -0.4 is 11.1 Å². The van der Waals surface area contributed by atoms with Crippen molar-refractivity contribution in [2.24, 2.45) is 5.73 Å². The zero-order valence-electron chi connectivity index (χ0n) is 14.1. The first-order valence-corrected chi connectivity index (χ1v) is 8.75. The lowest BCUT2D eigenvalue weighted by Crippen LogP contribution is -2.15. The molecule has 0 radical (unpaired) electrons. The highest BCUT2D eigenvalue weighted by atomic mass is 32.1. The Balaban J connectivity index is 1.62. The minimum absolute atomic E-state index is 0.0756. The van der Waals surface area contributed by atoms with E-state index in [0.717, 1.165) is 11.0 Å². The summed E-state index contributed by atoms with van der Waals surface area (Å²) in [5.74, 6) is -0.577. The van der Waals surface area contributed by atoms with Crippen molar-refractivity contribution >= 4 is 39.3 Å². The van der Waals surface area contributed by atoms with Gasteiger partial charge in [-0.2, -0.15) is 0 Å². The fourth-order valence-corrected chi connectivity index (χ4v) is 3.25. The molecule has 0 aliphatic heterocycles. The summed E-state index contributed by atoms with van der Waals surface area (Å²) >= 11 is 1.28. The number of aryl methyl sites for hydroxylation is 3. The minimum atomic E-state index is -0.444. The van der Waals surface area contributed by atoms with E-state index >= 15 is 0 Å². The number of hydrogen-bond donors (Lipinski definition) is 2. The summed E-state index contributed by atoms with van der Waals surface area (Å²) in [7, 11) is 0. The molecular weight excluding hydrogens is 338 g/mol. The van der Waals surface area contributed by atoms with E-state index in [2.05, 4.69) is 41.3 Å². The lowest BCUT2D eigenvalue weighted by molar-refractivity contribution is -0.117. The highest BCUT2D eigenvalue weighted by Gasteiger charge is 2.10.